The number of rotatable bonds is 3. The van der Waals surface area contributed by atoms with Gasteiger partial charge in [0.25, 0.3) is 0 Å². The number of thiocarbonyl (C=S) groups is 1. The zero-order chi connectivity index (χ0) is 18.1. The minimum absolute atomic E-state index is 0.135. The van der Waals surface area contributed by atoms with E-state index in [1.165, 1.54) is 0 Å². The van der Waals surface area contributed by atoms with Gasteiger partial charge in [0.2, 0.25) is 5.56 Å². The molecule has 7 nitrogen and oxygen atoms in total. The van der Waals surface area contributed by atoms with Crippen LogP contribution in [-0.2, 0) is 6.54 Å². The standard InChI is InChI=1S/C18H15N5O2S/c1-23(10-11-9-16(24)19-13-6-3-2-5-12(11)13)18(26)20-14-7-4-8-15-17(14)22-25-21-15/h2-9H,10H2,1H3,(H,19,24)(H,20,26). The maximum Gasteiger partial charge on any atom is 0.248 e. The summed E-state index contributed by atoms with van der Waals surface area (Å²) in [6.45, 7) is 0.489. The molecule has 4 rings (SSSR count). The summed E-state index contributed by atoms with van der Waals surface area (Å²) in [6, 6.07) is 14.8. The zero-order valence-corrected chi connectivity index (χ0v) is 14.7. The van der Waals surface area contributed by atoms with E-state index in [0.29, 0.717) is 22.7 Å². The summed E-state index contributed by atoms with van der Waals surface area (Å²) in [6.07, 6.45) is 0. The average Bonchev–Trinajstić information content (AvgIpc) is 3.11. The fraction of sp³-hybridized carbons (Fsp3) is 0.111. The van der Waals surface area contributed by atoms with E-state index in [-0.39, 0.29) is 5.56 Å². The maximum absolute atomic E-state index is 11.9. The molecule has 2 heterocycles. The Labute approximate surface area is 153 Å². The van der Waals surface area contributed by atoms with Crippen LogP contribution in [0.4, 0.5) is 5.69 Å². The third-order valence-corrected chi connectivity index (χ3v) is 4.53. The normalized spacial score (nSPS) is 11.0. The lowest BCUT2D eigenvalue weighted by Gasteiger charge is -2.21. The van der Waals surface area contributed by atoms with Crippen LogP contribution < -0.4 is 10.9 Å². The van der Waals surface area contributed by atoms with Crippen LogP contribution in [0.2, 0.25) is 0 Å². The molecule has 2 N–H and O–H groups in total. The lowest BCUT2D eigenvalue weighted by atomic mass is 10.1. The van der Waals surface area contributed by atoms with Gasteiger partial charge in [0, 0.05) is 30.6 Å². The van der Waals surface area contributed by atoms with Crippen molar-refractivity contribution < 1.29 is 4.63 Å². The van der Waals surface area contributed by atoms with E-state index in [1.807, 2.05) is 54.4 Å². The molecule has 4 aromatic rings. The summed E-state index contributed by atoms with van der Waals surface area (Å²) >= 11 is 5.50. The SMILES string of the molecule is CN(Cc1cc(=O)[nH]c2ccccc12)C(=S)Nc1cccc2nonc12. The maximum atomic E-state index is 11.9. The third-order valence-electron chi connectivity index (χ3n) is 4.12. The first-order valence-electron chi connectivity index (χ1n) is 7.96. The van der Waals surface area contributed by atoms with Gasteiger partial charge in [0.15, 0.2) is 10.6 Å². The highest BCUT2D eigenvalue weighted by atomic mass is 32.1. The highest BCUT2D eigenvalue weighted by Crippen LogP contribution is 2.21. The van der Waals surface area contributed by atoms with Crippen molar-refractivity contribution in [3.8, 4) is 0 Å². The summed E-state index contributed by atoms with van der Waals surface area (Å²) < 4.78 is 4.77. The van der Waals surface area contributed by atoms with E-state index >= 15 is 0 Å². The molecule has 130 valence electrons. The van der Waals surface area contributed by atoms with Gasteiger partial charge in [0.05, 0.1) is 5.69 Å². The van der Waals surface area contributed by atoms with Crippen molar-refractivity contribution in [1.29, 1.82) is 0 Å². The molecule has 2 aromatic carbocycles. The molecule has 0 saturated carbocycles. The summed E-state index contributed by atoms with van der Waals surface area (Å²) in [5.74, 6) is 0. The molecular weight excluding hydrogens is 350 g/mol. The van der Waals surface area contributed by atoms with Gasteiger partial charge in [-0.1, -0.05) is 24.3 Å². The number of aromatic nitrogens is 3. The zero-order valence-electron chi connectivity index (χ0n) is 13.9. The Bertz CT molecular complexity index is 1170. The van der Waals surface area contributed by atoms with Gasteiger partial charge in [-0.3, -0.25) is 4.79 Å². The van der Waals surface area contributed by atoms with E-state index in [4.69, 9.17) is 16.8 Å². The molecular formula is C18H15N5O2S. The Balaban J connectivity index is 1.59. The summed E-state index contributed by atoms with van der Waals surface area (Å²) in [4.78, 5) is 16.6. The van der Waals surface area contributed by atoms with Gasteiger partial charge in [-0.05, 0) is 46.3 Å². The molecule has 0 saturated heterocycles. The molecule has 0 fully saturated rings. The fourth-order valence-corrected chi connectivity index (χ4v) is 3.03. The van der Waals surface area contributed by atoms with Gasteiger partial charge in [0.1, 0.15) is 5.52 Å². The number of hydrogen-bond donors (Lipinski definition) is 2. The predicted molar refractivity (Wildman–Crippen MR) is 104 cm³/mol. The third kappa shape index (κ3) is 3.02. The van der Waals surface area contributed by atoms with Crippen molar-refractivity contribution in [3.05, 3.63) is 64.4 Å². The van der Waals surface area contributed by atoms with Crippen LogP contribution in [-0.4, -0.2) is 32.4 Å². The van der Waals surface area contributed by atoms with E-state index in [9.17, 15) is 4.79 Å². The van der Waals surface area contributed by atoms with Gasteiger partial charge >= 0.3 is 0 Å². The first-order chi connectivity index (χ1) is 12.6. The summed E-state index contributed by atoms with van der Waals surface area (Å²) in [7, 11) is 1.87. The number of nitrogens with zero attached hydrogens (tertiary/aromatic N) is 3. The minimum atomic E-state index is -0.135. The van der Waals surface area contributed by atoms with E-state index in [1.54, 1.807) is 6.07 Å². The molecule has 0 aliphatic heterocycles. The van der Waals surface area contributed by atoms with E-state index in [0.717, 1.165) is 22.2 Å². The van der Waals surface area contributed by atoms with E-state index < -0.39 is 0 Å². The van der Waals surface area contributed by atoms with Crippen LogP contribution in [0.3, 0.4) is 0 Å². The molecule has 26 heavy (non-hydrogen) atoms. The Morgan fingerprint density at radius 1 is 1.23 bits per heavy atom. The number of anilines is 1. The number of nitrogens with one attached hydrogen (secondary N) is 2. The number of H-pyrrole nitrogens is 1. The second kappa shape index (κ2) is 6.57. The van der Waals surface area contributed by atoms with Crippen LogP contribution >= 0.6 is 12.2 Å². The van der Waals surface area contributed by atoms with Gasteiger partial charge in [-0.25, -0.2) is 4.63 Å². The largest absolute Gasteiger partial charge is 0.348 e. The highest BCUT2D eigenvalue weighted by Gasteiger charge is 2.12. The minimum Gasteiger partial charge on any atom is -0.348 e. The van der Waals surface area contributed by atoms with Gasteiger partial charge < -0.3 is 15.2 Å². The number of fused-ring (bicyclic) bond motifs is 2. The lowest BCUT2D eigenvalue weighted by Crippen LogP contribution is -2.31. The summed E-state index contributed by atoms with van der Waals surface area (Å²) in [5.41, 5.74) is 3.56. The van der Waals surface area contributed by atoms with Crippen molar-refractivity contribution in [1.82, 2.24) is 20.2 Å². The molecule has 0 unspecified atom stereocenters. The molecule has 0 spiro atoms. The van der Waals surface area contributed by atoms with Crippen LogP contribution in [0.5, 0.6) is 0 Å². The Hall–Kier alpha value is -3.26. The molecule has 8 heteroatoms. The fourth-order valence-electron chi connectivity index (χ4n) is 2.85. The topological polar surface area (TPSA) is 87.0 Å². The smallest absolute Gasteiger partial charge is 0.248 e. The number of aromatic amines is 1. The Kier molecular flexibility index (Phi) is 4.10. The van der Waals surface area contributed by atoms with Crippen LogP contribution in [0.15, 0.2) is 58.0 Å². The summed E-state index contributed by atoms with van der Waals surface area (Å²) in [5, 5.41) is 12.4. The van der Waals surface area contributed by atoms with Crippen molar-refractivity contribution in [2.45, 2.75) is 6.54 Å². The number of pyridine rings is 1. The first-order valence-corrected chi connectivity index (χ1v) is 8.37. The predicted octanol–water partition coefficient (Wildman–Crippen LogP) is 2.89. The molecule has 0 radical (unpaired) electrons. The van der Waals surface area contributed by atoms with Crippen LogP contribution in [0.25, 0.3) is 21.9 Å². The number of benzene rings is 2. The highest BCUT2D eigenvalue weighted by molar-refractivity contribution is 7.80. The molecule has 2 aromatic heterocycles. The second-order valence-corrected chi connectivity index (χ2v) is 6.31. The molecule has 0 amide bonds. The number of hydrogen-bond acceptors (Lipinski definition) is 5. The monoisotopic (exact) mass is 365 g/mol. The Morgan fingerprint density at radius 3 is 2.96 bits per heavy atom. The quantitative estimate of drug-likeness (QED) is 0.540. The molecule has 0 atom stereocenters. The van der Waals surface area contributed by atoms with Crippen molar-refractivity contribution in [3.63, 3.8) is 0 Å². The first kappa shape index (κ1) is 16.2. The van der Waals surface area contributed by atoms with Gasteiger partial charge in [-0.2, -0.15) is 0 Å². The second-order valence-electron chi connectivity index (χ2n) is 5.93. The Morgan fingerprint density at radius 2 is 2.08 bits per heavy atom. The lowest BCUT2D eigenvalue weighted by molar-refractivity contribution is 0.315. The van der Waals surface area contributed by atoms with Crippen molar-refractivity contribution in [2.24, 2.45) is 0 Å². The number of para-hydroxylation sites is 1. The van der Waals surface area contributed by atoms with E-state index in [2.05, 4.69) is 20.6 Å². The molecule has 0 bridgehead atoms. The van der Waals surface area contributed by atoms with Crippen molar-refractivity contribution in [2.75, 3.05) is 12.4 Å². The molecule has 0 aliphatic carbocycles. The average molecular weight is 365 g/mol. The van der Waals surface area contributed by atoms with Crippen molar-refractivity contribution >= 4 is 45.0 Å². The molecule has 0 aliphatic rings. The van der Waals surface area contributed by atoms with Crippen LogP contribution in [0.1, 0.15) is 5.56 Å². The van der Waals surface area contributed by atoms with Crippen LogP contribution in [0, 0.1) is 0 Å². The van der Waals surface area contributed by atoms with Gasteiger partial charge in [-0.15, -0.1) is 0 Å².